The maximum Gasteiger partial charge on any atom is 0.346 e. The van der Waals surface area contributed by atoms with Gasteiger partial charge in [0.2, 0.25) is 12.0 Å². The summed E-state index contributed by atoms with van der Waals surface area (Å²) in [6.45, 7) is 1.63. The number of hydrogen-bond donors (Lipinski definition) is 0. The maximum atomic E-state index is 13.7. The van der Waals surface area contributed by atoms with Gasteiger partial charge in [-0.1, -0.05) is 6.92 Å². The molecule has 0 saturated heterocycles. The van der Waals surface area contributed by atoms with Crippen molar-refractivity contribution in [3.63, 3.8) is 0 Å². The van der Waals surface area contributed by atoms with Gasteiger partial charge in [0.25, 0.3) is 0 Å². The number of nitro groups is 2. The smallest absolute Gasteiger partial charge is 0.296 e. The van der Waals surface area contributed by atoms with Gasteiger partial charge in [0.05, 0.1) is 9.85 Å². The molecule has 1 rings (SSSR count). The molecule has 1 unspecified atom stereocenters. The van der Waals surface area contributed by atoms with Crippen LogP contribution in [0.15, 0.2) is 18.2 Å². The van der Waals surface area contributed by atoms with Crippen molar-refractivity contribution in [1.29, 1.82) is 0 Å². The zero-order chi connectivity index (χ0) is 16.2. The Morgan fingerprint density at radius 2 is 1.76 bits per heavy atom. The van der Waals surface area contributed by atoms with E-state index in [0.717, 1.165) is 12.1 Å². The average molecular weight is 298 g/mol. The second kappa shape index (κ2) is 6.64. The van der Waals surface area contributed by atoms with Crippen molar-refractivity contribution in [2.75, 3.05) is 0 Å². The Labute approximate surface area is 117 Å². The third-order valence-corrected chi connectivity index (χ3v) is 2.66. The van der Waals surface area contributed by atoms with E-state index in [4.69, 9.17) is 0 Å². The van der Waals surface area contributed by atoms with Gasteiger partial charge in [0, 0.05) is 24.1 Å². The molecule has 0 aliphatic carbocycles. The number of hydrogen-bond acceptors (Lipinski definition) is 6. The fourth-order valence-electron chi connectivity index (χ4n) is 1.64. The second-order valence-corrected chi connectivity index (χ2v) is 4.16. The Kier molecular flexibility index (Phi) is 5.17. The molecule has 0 N–H and O–H groups in total. The number of benzene rings is 1. The van der Waals surface area contributed by atoms with Crippen LogP contribution in [0, 0.1) is 20.2 Å². The summed E-state index contributed by atoms with van der Waals surface area (Å²) >= 11 is 0. The molecular formula is C12H11FN2O6. The minimum absolute atomic E-state index is 0.137. The van der Waals surface area contributed by atoms with Crippen molar-refractivity contribution in [2.45, 2.75) is 25.9 Å². The number of nitro benzene ring substituents is 2. The summed E-state index contributed by atoms with van der Waals surface area (Å²) in [5, 5.41) is 21.4. The molecule has 0 saturated carbocycles. The summed E-state index contributed by atoms with van der Waals surface area (Å²) in [6, 6.07) is 2.23. The number of carbonyl (C=O) groups is 2. The van der Waals surface area contributed by atoms with E-state index in [-0.39, 0.29) is 6.42 Å². The SMILES string of the molecule is CCCC(=O)C(F)C(=O)c1ccc([N+](=O)[O-])c([N+](=O)[O-])c1. The molecule has 1 aromatic carbocycles. The van der Waals surface area contributed by atoms with Crippen LogP contribution >= 0.6 is 0 Å². The van der Waals surface area contributed by atoms with Gasteiger partial charge in [0.15, 0.2) is 5.78 Å². The molecule has 0 amide bonds. The minimum atomic E-state index is -2.42. The molecule has 21 heavy (non-hydrogen) atoms. The monoisotopic (exact) mass is 298 g/mol. The van der Waals surface area contributed by atoms with Gasteiger partial charge in [-0.3, -0.25) is 29.8 Å². The zero-order valence-electron chi connectivity index (χ0n) is 10.9. The fraction of sp³-hybridized carbons (Fsp3) is 0.333. The number of ketones is 2. The highest BCUT2D eigenvalue weighted by Crippen LogP contribution is 2.28. The summed E-state index contributed by atoms with van der Waals surface area (Å²) in [5.74, 6) is -2.17. The first-order chi connectivity index (χ1) is 9.79. The number of rotatable bonds is 7. The lowest BCUT2D eigenvalue weighted by molar-refractivity contribution is -0.422. The molecular weight excluding hydrogens is 287 g/mol. The number of halogens is 1. The third kappa shape index (κ3) is 3.65. The number of Topliss-reactive ketones (excluding diaryl/α,β-unsaturated/α-hetero) is 2. The van der Waals surface area contributed by atoms with Crippen LogP contribution in [-0.2, 0) is 4.79 Å². The number of carbonyl (C=O) groups excluding carboxylic acids is 2. The second-order valence-electron chi connectivity index (χ2n) is 4.16. The summed E-state index contributed by atoms with van der Waals surface area (Å²) in [6.07, 6.45) is -2.21. The van der Waals surface area contributed by atoms with E-state index in [0.29, 0.717) is 12.5 Å². The van der Waals surface area contributed by atoms with Gasteiger partial charge in [-0.15, -0.1) is 0 Å². The Bertz CT molecular complexity index is 616. The van der Waals surface area contributed by atoms with E-state index < -0.39 is 44.5 Å². The standard InChI is InChI=1S/C12H11FN2O6/c1-2-3-10(16)11(13)12(17)7-4-5-8(14(18)19)9(6-7)15(20)21/h4-6,11H,2-3H2,1H3. The van der Waals surface area contributed by atoms with Crippen LogP contribution in [0.25, 0.3) is 0 Å². The normalized spacial score (nSPS) is 11.7. The molecule has 0 aromatic heterocycles. The van der Waals surface area contributed by atoms with Gasteiger partial charge < -0.3 is 0 Å². The minimum Gasteiger partial charge on any atom is -0.296 e. The van der Waals surface area contributed by atoms with Crippen molar-refractivity contribution in [2.24, 2.45) is 0 Å². The van der Waals surface area contributed by atoms with Crippen molar-refractivity contribution < 1.29 is 23.8 Å². The third-order valence-electron chi connectivity index (χ3n) is 2.66. The average Bonchev–Trinajstić information content (AvgIpc) is 2.45. The largest absolute Gasteiger partial charge is 0.346 e. The van der Waals surface area contributed by atoms with E-state index in [1.807, 2.05) is 0 Å². The van der Waals surface area contributed by atoms with Gasteiger partial charge in [-0.05, 0) is 12.5 Å². The van der Waals surface area contributed by atoms with Crippen LogP contribution in [0.3, 0.4) is 0 Å². The molecule has 9 heteroatoms. The Morgan fingerprint density at radius 1 is 1.19 bits per heavy atom. The van der Waals surface area contributed by atoms with Gasteiger partial charge in [-0.2, -0.15) is 0 Å². The quantitative estimate of drug-likeness (QED) is 0.330. The molecule has 0 radical (unpaired) electrons. The highest BCUT2D eigenvalue weighted by atomic mass is 19.1. The Hall–Kier alpha value is -2.71. The first-order valence-corrected chi connectivity index (χ1v) is 5.93. The Balaban J connectivity index is 3.17. The molecule has 0 aliphatic rings. The van der Waals surface area contributed by atoms with E-state index >= 15 is 0 Å². The van der Waals surface area contributed by atoms with Crippen LogP contribution in [-0.4, -0.2) is 27.6 Å². The summed E-state index contributed by atoms with van der Waals surface area (Å²) < 4.78 is 13.7. The number of alkyl halides is 1. The summed E-state index contributed by atoms with van der Waals surface area (Å²) in [7, 11) is 0. The molecule has 1 atom stereocenters. The lowest BCUT2D eigenvalue weighted by Gasteiger charge is -2.06. The van der Waals surface area contributed by atoms with Crippen molar-refractivity contribution in [1.82, 2.24) is 0 Å². The highest BCUT2D eigenvalue weighted by Gasteiger charge is 2.30. The summed E-state index contributed by atoms with van der Waals surface area (Å²) in [5.41, 5.74) is -2.20. The Morgan fingerprint density at radius 3 is 2.24 bits per heavy atom. The molecule has 0 heterocycles. The number of nitrogens with zero attached hydrogens (tertiary/aromatic N) is 2. The first kappa shape index (κ1) is 16.3. The highest BCUT2D eigenvalue weighted by molar-refractivity contribution is 6.13. The van der Waals surface area contributed by atoms with E-state index in [2.05, 4.69) is 0 Å². The predicted octanol–water partition coefficient (Wildman–Crippen LogP) is 2.39. The molecule has 0 bridgehead atoms. The molecule has 112 valence electrons. The molecule has 0 spiro atoms. The van der Waals surface area contributed by atoms with Crippen LogP contribution in [0.1, 0.15) is 30.1 Å². The molecule has 8 nitrogen and oxygen atoms in total. The van der Waals surface area contributed by atoms with Gasteiger partial charge in [0.1, 0.15) is 0 Å². The fourth-order valence-corrected chi connectivity index (χ4v) is 1.64. The van der Waals surface area contributed by atoms with Crippen LogP contribution < -0.4 is 0 Å². The van der Waals surface area contributed by atoms with Gasteiger partial charge >= 0.3 is 11.4 Å². The van der Waals surface area contributed by atoms with Crippen LogP contribution in [0.4, 0.5) is 15.8 Å². The van der Waals surface area contributed by atoms with Crippen molar-refractivity contribution >= 4 is 22.9 Å². The maximum absolute atomic E-state index is 13.7. The van der Waals surface area contributed by atoms with Crippen molar-refractivity contribution in [3.05, 3.63) is 44.0 Å². The van der Waals surface area contributed by atoms with E-state index in [1.165, 1.54) is 0 Å². The topological polar surface area (TPSA) is 120 Å². The lowest BCUT2D eigenvalue weighted by atomic mass is 10.0. The predicted molar refractivity (Wildman–Crippen MR) is 68.9 cm³/mol. The van der Waals surface area contributed by atoms with E-state index in [1.54, 1.807) is 6.92 Å². The molecule has 0 aliphatic heterocycles. The molecule has 0 fully saturated rings. The first-order valence-electron chi connectivity index (χ1n) is 5.93. The van der Waals surface area contributed by atoms with Crippen LogP contribution in [0.5, 0.6) is 0 Å². The van der Waals surface area contributed by atoms with Gasteiger partial charge in [-0.25, -0.2) is 4.39 Å². The molecule has 1 aromatic rings. The van der Waals surface area contributed by atoms with E-state index in [9.17, 15) is 34.2 Å². The zero-order valence-corrected chi connectivity index (χ0v) is 10.9. The van der Waals surface area contributed by atoms with Crippen molar-refractivity contribution in [3.8, 4) is 0 Å². The summed E-state index contributed by atoms with van der Waals surface area (Å²) in [4.78, 5) is 42.4. The lowest BCUT2D eigenvalue weighted by Crippen LogP contribution is -2.25. The van der Waals surface area contributed by atoms with Crippen LogP contribution in [0.2, 0.25) is 0 Å².